The molecule has 22 heavy (non-hydrogen) atoms. The number of aliphatic hydroxyl groups excluding tert-OH is 1. The Balaban J connectivity index is 1.76. The van der Waals surface area contributed by atoms with Gasteiger partial charge in [0.2, 0.25) is 5.91 Å². The van der Waals surface area contributed by atoms with Crippen LogP contribution in [0.5, 0.6) is 0 Å². The lowest BCUT2D eigenvalue weighted by Crippen LogP contribution is -2.42. The monoisotopic (exact) mass is 321 g/mol. The lowest BCUT2D eigenvalue weighted by molar-refractivity contribution is -0.131. The molecule has 0 aliphatic heterocycles. The molecule has 0 spiro atoms. The summed E-state index contributed by atoms with van der Waals surface area (Å²) in [7, 11) is 0. The second-order valence-corrected chi connectivity index (χ2v) is 6.94. The van der Waals surface area contributed by atoms with Crippen LogP contribution in [0.25, 0.3) is 0 Å². The number of rotatable bonds is 7. The fourth-order valence-electron chi connectivity index (χ4n) is 3.14. The molecule has 3 nitrogen and oxygen atoms in total. The molecule has 2 rings (SSSR count). The molecule has 0 bridgehead atoms. The standard InChI is InChI=1S/C18H27NO2S/c1-2-19(16-11-7-4-8-12-16)18(21)14-22-13-17(20)15-9-5-3-6-10-15/h3,5-6,9-10,16-17,20H,2,4,7-8,11-14H2,1H3. The number of carbonyl (C=O) groups excluding carboxylic acids is 1. The number of amides is 1. The van der Waals surface area contributed by atoms with Crippen LogP contribution in [-0.4, -0.2) is 40.0 Å². The Morgan fingerprint density at radius 3 is 2.59 bits per heavy atom. The molecule has 1 aromatic rings. The number of aliphatic hydroxyl groups is 1. The number of benzene rings is 1. The molecule has 1 aliphatic rings. The number of thioether (sulfide) groups is 1. The molecule has 1 aromatic carbocycles. The van der Waals surface area contributed by atoms with Crippen molar-refractivity contribution in [3.05, 3.63) is 35.9 Å². The largest absolute Gasteiger partial charge is 0.388 e. The number of hydrogen-bond acceptors (Lipinski definition) is 3. The Morgan fingerprint density at radius 1 is 1.27 bits per heavy atom. The van der Waals surface area contributed by atoms with Crippen molar-refractivity contribution in [1.82, 2.24) is 4.90 Å². The average Bonchev–Trinajstić information content (AvgIpc) is 2.57. The molecule has 1 saturated carbocycles. The third-order valence-electron chi connectivity index (χ3n) is 4.36. The summed E-state index contributed by atoms with van der Waals surface area (Å²) in [4.78, 5) is 14.5. The average molecular weight is 321 g/mol. The highest BCUT2D eigenvalue weighted by Crippen LogP contribution is 2.24. The van der Waals surface area contributed by atoms with E-state index in [1.807, 2.05) is 35.2 Å². The predicted octanol–water partition coefficient (Wildman–Crippen LogP) is 3.63. The van der Waals surface area contributed by atoms with E-state index >= 15 is 0 Å². The van der Waals surface area contributed by atoms with Gasteiger partial charge < -0.3 is 10.0 Å². The predicted molar refractivity (Wildman–Crippen MR) is 93.0 cm³/mol. The van der Waals surface area contributed by atoms with Crippen LogP contribution in [0.4, 0.5) is 0 Å². The van der Waals surface area contributed by atoms with Gasteiger partial charge in [0.1, 0.15) is 0 Å². The number of carbonyl (C=O) groups is 1. The van der Waals surface area contributed by atoms with Gasteiger partial charge in [-0.3, -0.25) is 4.79 Å². The molecular weight excluding hydrogens is 294 g/mol. The van der Waals surface area contributed by atoms with E-state index in [0.29, 0.717) is 17.5 Å². The molecular formula is C18H27NO2S. The van der Waals surface area contributed by atoms with E-state index in [9.17, 15) is 9.90 Å². The minimum Gasteiger partial charge on any atom is -0.388 e. The second kappa shape index (κ2) is 9.21. The summed E-state index contributed by atoms with van der Waals surface area (Å²) in [5.41, 5.74) is 0.919. The van der Waals surface area contributed by atoms with Gasteiger partial charge in [0.15, 0.2) is 0 Å². The molecule has 0 heterocycles. The van der Waals surface area contributed by atoms with Crippen molar-refractivity contribution in [2.45, 2.75) is 51.2 Å². The molecule has 1 fully saturated rings. The third kappa shape index (κ3) is 5.03. The van der Waals surface area contributed by atoms with Gasteiger partial charge in [-0.2, -0.15) is 0 Å². The van der Waals surface area contributed by atoms with Crippen molar-refractivity contribution in [2.24, 2.45) is 0 Å². The summed E-state index contributed by atoms with van der Waals surface area (Å²) >= 11 is 1.53. The van der Waals surface area contributed by atoms with Gasteiger partial charge in [-0.05, 0) is 25.3 Å². The smallest absolute Gasteiger partial charge is 0.232 e. The van der Waals surface area contributed by atoms with E-state index in [1.54, 1.807) is 0 Å². The summed E-state index contributed by atoms with van der Waals surface area (Å²) < 4.78 is 0. The highest BCUT2D eigenvalue weighted by atomic mass is 32.2. The Hall–Kier alpha value is -1.00. The summed E-state index contributed by atoms with van der Waals surface area (Å²) in [6.45, 7) is 2.86. The first kappa shape index (κ1) is 17.4. The van der Waals surface area contributed by atoms with Gasteiger partial charge in [0.05, 0.1) is 11.9 Å². The fourth-order valence-corrected chi connectivity index (χ4v) is 4.02. The van der Waals surface area contributed by atoms with E-state index in [2.05, 4.69) is 6.92 Å². The molecule has 1 aliphatic carbocycles. The Morgan fingerprint density at radius 2 is 1.95 bits per heavy atom. The maximum Gasteiger partial charge on any atom is 0.232 e. The summed E-state index contributed by atoms with van der Waals surface area (Å²) in [6.07, 6.45) is 5.60. The Bertz CT molecular complexity index is 446. The van der Waals surface area contributed by atoms with Crippen LogP contribution in [0.1, 0.15) is 50.7 Å². The van der Waals surface area contributed by atoms with Crippen molar-refractivity contribution in [2.75, 3.05) is 18.1 Å². The zero-order chi connectivity index (χ0) is 15.8. The van der Waals surface area contributed by atoms with Gasteiger partial charge >= 0.3 is 0 Å². The molecule has 0 aromatic heterocycles. The highest BCUT2D eigenvalue weighted by molar-refractivity contribution is 7.99. The first-order chi connectivity index (χ1) is 10.7. The topological polar surface area (TPSA) is 40.5 Å². The summed E-state index contributed by atoms with van der Waals surface area (Å²) in [5, 5.41) is 10.1. The Labute approximate surface area is 138 Å². The first-order valence-corrected chi connectivity index (χ1v) is 9.48. The third-order valence-corrected chi connectivity index (χ3v) is 5.36. The second-order valence-electron chi connectivity index (χ2n) is 5.91. The van der Waals surface area contributed by atoms with Crippen LogP contribution in [0.15, 0.2) is 30.3 Å². The quantitative estimate of drug-likeness (QED) is 0.833. The van der Waals surface area contributed by atoms with Crippen LogP contribution < -0.4 is 0 Å². The van der Waals surface area contributed by atoms with Crippen LogP contribution in [-0.2, 0) is 4.79 Å². The lowest BCUT2D eigenvalue weighted by Gasteiger charge is -2.33. The van der Waals surface area contributed by atoms with Gasteiger partial charge in [-0.25, -0.2) is 0 Å². The molecule has 1 amide bonds. The van der Waals surface area contributed by atoms with E-state index in [4.69, 9.17) is 0 Å². The zero-order valence-corrected chi connectivity index (χ0v) is 14.2. The summed E-state index contributed by atoms with van der Waals surface area (Å²) in [5.74, 6) is 1.26. The molecule has 1 N–H and O–H groups in total. The summed E-state index contributed by atoms with van der Waals surface area (Å²) in [6, 6.07) is 10.1. The maximum absolute atomic E-state index is 12.4. The molecule has 1 atom stereocenters. The highest BCUT2D eigenvalue weighted by Gasteiger charge is 2.23. The van der Waals surface area contributed by atoms with Gasteiger partial charge in [0, 0.05) is 18.3 Å². The molecule has 0 saturated heterocycles. The normalized spacial score (nSPS) is 17.2. The number of nitrogens with zero attached hydrogens (tertiary/aromatic N) is 1. The van der Waals surface area contributed by atoms with Crippen LogP contribution in [0.3, 0.4) is 0 Å². The van der Waals surface area contributed by atoms with Crippen molar-refractivity contribution in [1.29, 1.82) is 0 Å². The molecule has 4 heteroatoms. The fraction of sp³-hybridized carbons (Fsp3) is 0.611. The first-order valence-electron chi connectivity index (χ1n) is 8.32. The molecule has 0 radical (unpaired) electrons. The van der Waals surface area contributed by atoms with E-state index in [-0.39, 0.29) is 5.91 Å². The van der Waals surface area contributed by atoms with Gasteiger partial charge in [-0.1, -0.05) is 49.6 Å². The maximum atomic E-state index is 12.4. The van der Waals surface area contributed by atoms with Crippen molar-refractivity contribution < 1.29 is 9.90 Å². The van der Waals surface area contributed by atoms with Gasteiger partial charge in [0.25, 0.3) is 0 Å². The van der Waals surface area contributed by atoms with E-state index < -0.39 is 6.10 Å². The van der Waals surface area contributed by atoms with Crippen LogP contribution >= 0.6 is 11.8 Å². The van der Waals surface area contributed by atoms with Crippen molar-refractivity contribution in [3.8, 4) is 0 Å². The van der Waals surface area contributed by atoms with Crippen LogP contribution in [0, 0.1) is 0 Å². The molecule has 122 valence electrons. The van der Waals surface area contributed by atoms with Crippen molar-refractivity contribution in [3.63, 3.8) is 0 Å². The van der Waals surface area contributed by atoms with E-state index in [1.165, 1.54) is 31.0 Å². The number of hydrogen-bond donors (Lipinski definition) is 1. The SMILES string of the molecule is CCN(C(=O)CSCC(O)c1ccccc1)C1CCCCC1. The Kier molecular flexibility index (Phi) is 7.26. The molecule has 1 unspecified atom stereocenters. The minimum atomic E-state index is -0.497. The van der Waals surface area contributed by atoms with Crippen molar-refractivity contribution >= 4 is 17.7 Å². The minimum absolute atomic E-state index is 0.222. The van der Waals surface area contributed by atoms with Gasteiger partial charge in [-0.15, -0.1) is 11.8 Å². The zero-order valence-electron chi connectivity index (χ0n) is 13.4. The van der Waals surface area contributed by atoms with E-state index in [0.717, 1.165) is 24.9 Å². The lowest BCUT2D eigenvalue weighted by atomic mass is 9.94. The van der Waals surface area contributed by atoms with Crippen LogP contribution in [0.2, 0.25) is 0 Å².